The van der Waals surface area contributed by atoms with Crippen LogP contribution in [0.1, 0.15) is 45.4 Å². The van der Waals surface area contributed by atoms with Gasteiger partial charge < -0.3 is 16.0 Å². The van der Waals surface area contributed by atoms with Crippen molar-refractivity contribution < 1.29 is 4.79 Å². The Hall–Kier alpha value is -1.26. The summed E-state index contributed by atoms with van der Waals surface area (Å²) in [5.41, 5.74) is 0. The molecule has 0 aromatic heterocycles. The van der Waals surface area contributed by atoms with Crippen LogP contribution in [-0.2, 0) is 4.79 Å². The Morgan fingerprint density at radius 1 is 1.15 bits per heavy atom. The van der Waals surface area contributed by atoms with Crippen LogP contribution in [0, 0.1) is 11.8 Å². The Balaban J connectivity index is 1.56. The number of hydrogen-bond acceptors (Lipinski definition) is 2. The van der Waals surface area contributed by atoms with Crippen molar-refractivity contribution >= 4 is 11.9 Å². The summed E-state index contributed by atoms with van der Waals surface area (Å²) >= 11 is 0. The standard InChI is InChI=1S/C15H28N4O/c1-11-10-13(11)19-15(16-2)18-9-8-17-14(20)12-6-4-3-5-7-12/h11-13H,3-10H2,1-2H3,(H,17,20)(H2,16,18,19). The minimum Gasteiger partial charge on any atom is -0.355 e. The van der Waals surface area contributed by atoms with Gasteiger partial charge in [0, 0.05) is 32.1 Å². The van der Waals surface area contributed by atoms with E-state index in [-0.39, 0.29) is 11.8 Å². The predicted octanol–water partition coefficient (Wildman–Crippen LogP) is 1.26. The van der Waals surface area contributed by atoms with Gasteiger partial charge >= 0.3 is 0 Å². The zero-order chi connectivity index (χ0) is 14.4. The normalized spacial score (nSPS) is 27.0. The van der Waals surface area contributed by atoms with Crippen LogP contribution < -0.4 is 16.0 Å². The zero-order valence-corrected chi connectivity index (χ0v) is 12.7. The zero-order valence-electron chi connectivity index (χ0n) is 12.7. The molecule has 2 unspecified atom stereocenters. The van der Waals surface area contributed by atoms with Gasteiger partial charge in [-0.05, 0) is 25.2 Å². The van der Waals surface area contributed by atoms with E-state index in [9.17, 15) is 4.79 Å². The fraction of sp³-hybridized carbons (Fsp3) is 0.867. The highest BCUT2D eigenvalue weighted by molar-refractivity contribution is 5.81. The maximum Gasteiger partial charge on any atom is 0.223 e. The molecule has 5 heteroatoms. The van der Waals surface area contributed by atoms with E-state index in [1.807, 2.05) is 0 Å². The number of nitrogens with one attached hydrogen (secondary N) is 3. The first-order chi connectivity index (χ1) is 9.70. The summed E-state index contributed by atoms with van der Waals surface area (Å²) < 4.78 is 0. The lowest BCUT2D eigenvalue weighted by Crippen LogP contribution is -2.43. The summed E-state index contributed by atoms with van der Waals surface area (Å²) in [7, 11) is 1.78. The van der Waals surface area contributed by atoms with Crippen LogP contribution in [-0.4, -0.2) is 38.0 Å². The Bertz CT molecular complexity index is 350. The summed E-state index contributed by atoms with van der Waals surface area (Å²) in [4.78, 5) is 16.1. The highest BCUT2D eigenvalue weighted by atomic mass is 16.1. The first kappa shape index (κ1) is 15.1. The molecule has 0 saturated heterocycles. The first-order valence-corrected chi connectivity index (χ1v) is 7.95. The second-order valence-electron chi connectivity index (χ2n) is 6.09. The molecule has 2 aliphatic rings. The molecule has 2 aliphatic carbocycles. The summed E-state index contributed by atoms with van der Waals surface area (Å²) in [6.07, 6.45) is 7.02. The van der Waals surface area contributed by atoms with E-state index in [1.54, 1.807) is 7.05 Å². The molecule has 5 nitrogen and oxygen atoms in total. The topological polar surface area (TPSA) is 65.5 Å². The van der Waals surface area contributed by atoms with Crippen LogP contribution in [0.5, 0.6) is 0 Å². The van der Waals surface area contributed by atoms with Crippen LogP contribution in [0.2, 0.25) is 0 Å². The molecule has 20 heavy (non-hydrogen) atoms. The van der Waals surface area contributed by atoms with E-state index in [1.165, 1.54) is 25.7 Å². The van der Waals surface area contributed by atoms with Gasteiger partial charge in [0.2, 0.25) is 5.91 Å². The Morgan fingerprint density at radius 2 is 1.80 bits per heavy atom. The van der Waals surface area contributed by atoms with Gasteiger partial charge in [-0.2, -0.15) is 0 Å². The molecule has 0 heterocycles. The minimum absolute atomic E-state index is 0.227. The summed E-state index contributed by atoms with van der Waals surface area (Å²) in [5.74, 6) is 2.06. The largest absolute Gasteiger partial charge is 0.355 e. The first-order valence-electron chi connectivity index (χ1n) is 7.95. The van der Waals surface area contributed by atoms with Crippen molar-refractivity contribution in [1.82, 2.24) is 16.0 Å². The van der Waals surface area contributed by atoms with Gasteiger partial charge in [0.1, 0.15) is 0 Å². The lowest BCUT2D eigenvalue weighted by atomic mass is 9.89. The molecular formula is C15H28N4O. The van der Waals surface area contributed by atoms with E-state index in [0.717, 1.165) is 31.3 Å². The number of aliphatic imine (C=N–C) groups is 1. The number of guanidine groups is 1. The average molecular weight is 280 g/mol. The summed E-state index contributed by atoms with van der Waals surface area (Å²) in [5, 5.41) is 9.64. The van der Waals surface area contributed by atoms with E-state index in [0.29, 0.717) is 12.6 Å². The fourth-order valence-corrected chi connectivity index (χ4v) is 2.77. The van der Waals surface area contributed by atoms with Crippen molar-refractivity contribution in [1.29, 1.82) is 0 Å². The molecule has 0 aromatic rings. The van der Waals surface area contributed by atoms with Crippen molar-refractivity contribution in [3.63, 3.8) is 0 Å². The molecule has 2 rings (SSSR count). The average Bonchev–Trinajstić information content (AvgIpc) is 3.18. The smallest absolute Gasteiger partial charge is 0.223 e. The van der Waals surface area contributed by atoms with Crippen LogP contribution >= 0.6 is 0 Å². The van der Waals surface area contributed by atoms with E-state index >= 15 is 0 Å². The Labute approximate surface area is 122 Å². The minimum atomic E-state index is 0.227. The third-order valence-corrected chi connectivity index (χ3v) is 4.35. The summed E-state index contributed by atoms with van der Waals surface area (Å²) in [6, 6.07) is 0.568. The fourth-order valence-electron chi connectivity index (χ4n) is 2.77. The number of carbonyl (C=O) groups excluding carboxylic acids is 1. The van der Waals surface area contributed by atoms with Crippen molar-refractivity contribution in [2.75, 3.05) is 20.1 Å². The molecule has 0 aliphatic heterocycles. The van der Waals surface area contributed by atoms with Crippen LogP contribution in [0.4, 0.5) is 0 Å². The maximum absolute atomic E-state index is 12.0. The molecule has 1 amide bonds. The molecular weight excluding hydrogens is 252 g/mol. The van der Waals surface area contributed by atoms with Gasteiger partial charge in [-0.1, -0.05) is 26.2 Å². The van der Waals surface area contributed by atoms with Crippen LogP contribution in [0.15, 0.2) is 4.99 Å². The lowest BCUT2D eigenvalue weighted by Gasteiger charge is -2.21. The second-order valence-corrected chi connectivity index (χ2v) is 6.09. The molecule has 114 valence electrons. The van der Waals surface area contributed by atoms with E-state index in [2.05, 4.69) is 27.9 Å². The van der Waals surface area contributed by atoms with Gasteiger partial charge in [0.25, 0.3) is 0 Å². The second kappa shape index (κ2) is 7.50. The molecule has 0 bridgehead atoms. The van der Waals surface area contributed by atoms with Gasteiger partial charge in [0.05, 0.1) is 0 Å². The number of hydrogen-bond donors (Lipinski definition) is 3. The van der Waals surface area contributed by atoms with Crippen molar-refractivity contribution in [2.24, 2.45) is 16.8 Å². The van der Waals surface area contributed by atoms with Crippen molar-refractivity contribution in [3.05, 3.63) is 0 Å². The Morgan fingerprint density at radius 3 is 2.40 bits per heavy atom. The lowest BCUT2D eigenvalue weighted by molar-refractivity contribution is -0.125. The SMILES string of the molecule is CN=C(NCCNC(=O)C1CCCCC1)NC1CC1C. The third-order valence-electron chi connectivity index (χ3n) is 4.35. The monoisotopic (exact) mass is 280 g/mol. The van der Waals surface area contributed by atoms with Gasteiger partial charge in [-0.25, -0.2) is 0 Å². The molecule has 0 radical (unpaired) electrons. The van der Waals surface area contributed by atoms with Gasteiger partial charge in [-0.3, -0.25) is 9.79 Å². The van der Waals surface area contributed by atoms with E-state index in [4.69, 9.17) is 0 Å². The maximum atomic E-state index is 12.0. The van der Waals surface area contributed by atoms with Crippen LogP contribution in [0.25, 0.3) is 0 Å². The van der Waals surface area contributed by atoms with Crippen LogP contribution in [0.3, 0.4) is 0 Å². The third kappa shape index (κ3) is 4.69. The molecule has 0 aromatic carbocycles. The number of nitrogens with zero attached hydrogens (tertiary/aromatic N) is 1. The van der Waals surface area contributed by atoms with Crippen molar-refractivity contribution in [3.8, 4) is 0 Å². The quantitative estimate of drug-likeness (QED) is 0.403. The number of rotatable bonds is 5. The number of carbonyl (C=O) groups is 1. The molecule has 0 spiro atoms. The molecule has 2 saturated carbocycles. The van der Waals surface area contributed by atoms with Gasteiger partial charge in [0.15, 0.2) is 5.96 Å². The van der Waals surface area contributed by atoms with Crippen molar-refractivity contribution in [2.45, 2.75) is 51.5 Å². The molecule has 2 atom stereocenters. The van der Waals surface area contributed by atoms with Gasteiger partial charge in [-0.15, -0.1) is 0 Å². The highest BCUT2D eigenvalue weighted by Crippen LogP contribution is 2.28. The Kier molecular flexibility index (Phi) is 5.68. The molecule has 3 N–H and O–H groups in total. The summed E-state index contributed by atoms with van der Waals surface area (Å²) in [6.45, 7) is 3.62. The number of amides is 1. The highest BCUT2D eigenvalue weighted by Gasteiger charge is 2.33. The van der Waals surface area contributed by atoms with E-state index < -0.39 is 0 Å². The molecule has 2 fully saturated rings. The predicted molar refractivity (Wildman–Crippen MR) is 81.7 cm³/mol.